The van der Waals surface area contributed by atoms with Crippen LogP contribution >= 0.6 is 0 Å². The van der Waals surface area contributed by atoms with Crippen LogP contribution in [0.4, 0.5) is 11.4 Å². The first-order valence-corrected chi connectivity index (χ1v) is 9.99. The monoisotopic (exact) mass is 387 g/mol. The van der Waals surface area contributed by atoms with Crippen LogP contribution in [0.5, 0.6) is 0 Å². The molecule has 0 bridgehead atoms. The highest BCUT2D eigenvalue weighted by Gasteiger charge is 2.25. The Morgan fingerprint density at radius 3 is 2.74 bits per heavy atom. The minimum absolute atomic E-state index is 0.0827. The lowest BCUT2D eigenvalue weighted by atomic mass is 10.0. The molecule has 0 radical (unpaired) electrons. The van der Waals surface area contributed by atoms with Gasteiger partial charge in [-0.2, -0.15) is 0 Å². The topological polar surface area (TPSA) is 108 Å². The van der Waals surface area contributed by atoms with E-state index in [2.05, 4.69) is 15.4 Å². The van der Waals surface area contributed by atoms with Gasteiger partial charge in [0.05, 0.1) is 10.5 Å². The van der Waals surface area contributed by atoms with E-state index in [1.54, 1.807) is 18.3 Å². The van der Waals surface area contributed by atoms with Crippen LogP contribution < -0.4 is 15.4 Å². The van der Waals surface area contributed by atoms with E-state index in [-0.39, 0.29) is 24.0 Å². The van der Waals surface area contributed by atoms with Crippen LogP contribution in [0.1, 0.15) is 17.5 Å². The fraction of sp³-hybridized carbons (Fsp3) is 0.211. The second kappa shape index (κ2) is 7.91. The van der Waals surface area contributed by atoms with Crippen LogP contribution in [-0.4, -0.2) is 32.6 Å². The van der Waals surface area contributed by atoms with Crippen molar-refractivity contribution in [2.75, 3.05) is 23.8 Å². The van der Waals surface area contributed by atoms with Gasteiger partial charge in [-0.15, -0.1) is 0 Å². The van der Waals surface area contributed by atoms with E-state index in [1.165, 1.54) is 12.1 Å². The van der Waals surface area contributed by atoms with Crippen molar-refractivity contribution in [2.24, 2.45) is 0 Å². The zero-order chi connectivity index (χ0) is 19.4. The molecule has 1 amide bonds. The van der Waals surface area contributed by atoms with E-state index in [0.29, 0.717) is 17.7 Å². The van der Waals surface area contributed by atoms with E-state index in [4.69, 9.17) is 5.11 Å². The molecule has 4 N–H and O–H groups in total. The molecule has 0 unspecified atom stereocenters. The van der Waals surface area contributed by atoms with Gasteiger partial charge in [-0.1, -0.05) is 18.2 Å². The summed E-state index contributed by atoms with van der Waals surface area (Å²) in [6.45, 7) is 2.01. The van der Waals surface area contributed by atoms with Gasteiger partial charge < -0.3 is 15.7 Å². The number of nitrogens with one attached hydrogen (secondary N) is 3. The highest BCUT2D eigenvalue weighted by atomic mass is 32.2. The minimum atomic E-state index is -3.66. The third kappa shape index (κ3) is 4.19. The fourth-order valence-electron chi connectivity index (χ4n) is 2.85. The number of aliphatic hydroxyl groups excluding tert-OH is 1. The maximum absolute atomic E-state index is 12.3. The average Bonchev–Trinajstić information content (AvgIpc) is 2.97. The Hall–Kier alpha value is -2.68. The number of fused-ring (bicyclic) bond motifs is 1. The number of hydrogen-bond acceptors (Lipinski definition) is 5. The Morgan fingerprint density at radius 2 is 1.96 bits per heavy atom. The lowest BCUT2D eigenvalue weighted by molar-refractivity contribution is -0.110. The number of hydrogen-bond donors (Lipinski definition) is 4. The number of amides is 1. The summed E-state index contributed by atoms with van der Waals surface area (Å²) in [6, 6.07) is 12.0. The molecule has 0 saturated carbocycles. The van der Waals surface area contributed by atoms with Crippen LogP contribution in [0.25, 0.3) is 5.57 Å². The minimum Gasteiger partial charge on any atom is -0.396 e. The third-order valence-electron chi connectivity index (χ3n) is 4.19. The van der Waals surface area contributed by atoms with Crippen molar-refractivity contribution in [1.29, 1.82) is 0 Å². The van der Waals surface area contributed by atoms with E-state index in [9.17, 15) is 13.2 Å². The van der Waals surface area contributed by atoms with E-state index < -0.39 is 10.0 Å². The fourth-order valence-corrected chi connectivity index (χ4v) is 3.97. The van der Waals surface area contributed by atoms with E-state index >= 15 is 0 Å². The molecule has 0 saturated heterocycles. The zero-order valence-electron chi connectivity index (χ0n) is 14.8. The summed E-state index contributed by atoms with van der Waals surface area (Å²) in [5.41, 5.74) is 3.62. The molecule has 0 atom stereocenters. The number of rotatable bonds is 7. The summed E-state index contributed by atoms with van der Waals surface area (Å²) in [4.78, 5) is 12.3. The molecule has 1 heterocycles. The second-order valence-electron chi connectivity index (χ2n) is 6.16. The predicted molar refractivity (Wildman–Crippen MR) is 105 cm³/mol. The second-order valence-corrected chi connectivity index (χ2v) is 7.92. The molecule has 1 aliphatic rings. The number of benzene rings is 2. The number of carbonyl (C=O) groups excluding carboxylic acids is 1. The summed E-state index contributed by atoms with van der Waals surface area (Å²) >= 11 is 0. The Labute approximate surface area is 158 Å². The van der Waals surface area contributed by atoms with Gasteiger partial charge in [-0.3, -0.25) is 4.79 Å². The number of carbonyl (C=O) groups is 1. The smallest absolute Gasteiger partial charge is 0.257 e. The normalized spacial score (nSPS) is 14.9. The summed E-state index contributed by atoms with van der Waals surface area (Å²) < 4.78 is 27.0. The molecule has 142 valence electrons. The molecule has 1 aliphatic heterocycles. The molecule has 27 heavy (non-hydrogen) atoms. The molecule has 0 aliphatic carbocycles. The molecule has 0 spiro atoms. The molecule has 8 heteroatoms. The van der Waals surface area contributed by atoms with Gasteiger partial charge in [0.1, 0.15) is 0 Å². The first-order chi connectivity index (χ1) is 12.9. The van der Waals surface area contributed by atoms with Crippen molar-refractivity contribution in [1.82, 2.24) is 4.72 Å². The van der Waals surface area contributed by atoms with Crippen LogP contribution in [0.2, 0.25) is 0 Å². The van der Waals surface area contributed by atoms with Gasteiger partial charge in [0.2, 0.25) is 10.0 Å². The van der Waals surface area contributed by atoms with Gasteiger partial charge in [0, 0.05) is 36.3 Å². The summed E-state index contributed by atoms with van der Waals surface area (Å²) in [7, 11) is -3.66. The standard InChI is InChI=1S/C19H21N3O4S/c1-13-5-2-8-17-18(13)16(19(24)22-17)12-20-14-6-3-7-15(11-14)27(25,26)21-9-4-10-23/h2-3,5-8,11-12,20-21,23H,4,9-10H2,1H3,(H,22,24)/b16-12-. The quantitative estimate of drug-likeness (QED) is 0.430. The molecular formula is C19H21N3O4S. The maximum Gasteiger partial charge on any atom is 0.257 e. The van der Waals surface area contributed by atoms with Crippen molar-refractivity contribution >= 4 is 32.9 Å². The Kier molecular flexibility index (Phi) is 5.59. The van der Waals surface area contributed by atoms with Crippen LogP contribution in [0.3, 0.4) is 0 Å². The molecule has 3 rings (SSSR count). The van der Waals surface area contributed by atoms with Crippen molar-refractivity contribution in [3.8, 4) is 0 Å². The lowest BCUT2D eigenvalue weighted by Gasteiger charge is -2.09. The Morgan fingerprint density at radius 1 is 1.19 bits per heavy atom. The van der Waals surface area contributed by atoms with E-state index in [0.717, 1.165) is 16.8 Å². The largest absolute Gasteiger partial charge is 0.396 e. The number of anilines is 2. The number of aliphatic hydroxyl groups is 1. The molecule has 2 aromatic carbocycles. The van der Waals surface area contributed by atoms with Gasteiger partial charge in [0.25, 0.3) is 5.91 Å². The maximum atomic E-state index is 12.3. The van der Waals surface area contributed by atoms with Crippen LogP contribution in [-0.2, 0) is 14.8 Å². The summed E-state index contributed by atoms with van der Waals surface area (Å²) in [5.74, 6) is -0.207. The number of aryl methyl sites for hydroxylation is 1. The van der Waals surface area contributed by atoms with Crippen molar-refractivity contribution in [2.45, 2.75) is 18.2 Å². The molecule has 0 fully saturated rings. The average molecular weight is 387 g/mol. The van der Waals surface area contributed by atoms with Crippen molar-refractivity contribution < 1.29 is 18.3 Å². The molecule has 2 aromatic rings. The van der Waals surface area contributed by atoms with Gasteiger partial charge in [-0.05, 0) is 43.2 Å². The highest BCUT2D eigenvalue weighted by molar-refractivity contribution is 7.89. The first kappa shape index (κ1) is 19.1. The van der Waals surface area contributed by atoms with Gasteiger partial charge >= 0.3 is 0 Å². The zero-order valence-corrected chi connectivity index (χ0v) is 15.6. The summed E-state index contributed by atoms with van der Waals surface area (Å²) in [5, 5.41) is 14.6. The first-order valence-electron chi connectivity index (χ1n) is 8.51. The Bertz CT molecular complexity index is 1000. The lowest BCUT2D eigenvalue weighted by Crippen LogP contribution is -2.25. The predicted octanol–water partition coefficient (Wildman–Crippen LogP) is 2.06. The van der Waals surface area contributed by atoms with E-state index in [1.807, 2.05) is 25.1 Å². The molecule has 7 nitrogen and oxygen atoms in total. The summed E-state index contributed by atoms with van der Waals surface area (Å²) in [6.07, 6.45) is 1.93. The number of sulfonamides is 1. The van der Waals surface area contributed by atoms with Gasteiger partial charge in [0.15, 0.2) is 0 Å². The van der Waals surface area contributed by atoms with Gasteiger partial charge in [-0.25, -0.2) is 13.1 Å². The molecular weight excluding hydrogens is 366 g/mol. The third-order valence-corrected chi connectivity index (χ3v) is 5.65. The Balaban J connectivity index is 1.82. The van der Waals surface area contributed by atoms with Crippen molar-refractivity contribution in [3.05, 3.63) is 59.8 Å². The highest BCUT2D eigenvalue weighted by Crippen LogP contribution is 2.34. The SMILES string of the molecule is Cc1cccc2c1/C(=C/Nc1cccc(S(=O)(=O)NCCCO)c1)C(=O)N2. The molecule has 0 aromatic heterocycles. The van der Waals surface area contributed by atoms with Crippen molar-refractivity contribution in [3.63, 3.8) is 0 Å². The van der Waals surface area contributed by atoms with Crippen LogP contribution in [0, 0.1) is 6.92 Å². The van der Waals surface area contributed by atoms with Crippen LogP contribution in [0.15, 0.2) is 53.6 Å².